The van der Waals surface area contributed by atoms with Gasteiger partial charge in [0.05, 0.1) is 18.4 Å². The average Bonchev–Trinajstić information content (AvgIpc) is 3.08. The summed E-state index contributed by atoms with van der Waals surface area (Å²) in [7, 11) is 1.37. The van der Waals surface area contributed by atoms with E-state index in [1.807, 2.05) is 54.6 Å². The fourth-order valence-electron chi connectivity index (χ4n) is 3.80. The molecule has 0 saturated carbocycles. The molecule has 1 amide bonds. The summed E-state index contributed by atoms with van der Waals surface area (Å²) >= 11 is 11.9. The molecule has 0 aromatic heterocycles. The molecule has 0 fully saturated rings. The summed E-state index contributed by atoms with van der Waals surface area (Å²) in [6, 6.07) is 24.2. The summed E-state index contributed by atoms with van der Waals surface area (Å²) in [6.45, 7) is 0. The van der Waals surface area contributed by atoms with E-state index in [4.69, 9.17) is 28.6 Å². The number of ether oxygens (including phenoxy) is 1. The lowest BCUT2D eigenvalue weighted by Crippen LogP contribution is -2.30. The van der Waals surface area contributed by atoms with Gasteiger partial charge >= 0.3 is 5.97 Å². The lowest BCUT2D eigenvalue weighted by atomic mass is 9.92. The van der Waals surface area contributed by atoms with Crippen molar-refractivity contribution in [3.05, 3.63) is 101 Å². The SMILES string of the molecule is COC(=O)CCc1ccccc1C1=C(c2ccccc2)C(=O)N(c2ccc(Cl)cc2)C1=S. The summed E-state index contributed by atoms with van der Waals surface area (Å²) in [5.74, 6) is -0.480. The minimum absolute atomic E-state index is 0.193. The van der Waals surface area contributed by atoms with Crippen molar-refractivity contribution >= 4 is 57.5 Å². The van der Waals surface area contributed by atoms with Gasteiger partial charge in [-0.25, -0.2) is 0 Å². The maximum Gasteiger partial charge on any atom is 0.305 e. The van der Waals surface area contributed by atoms with Crippen LogP contribution in [0.25, 0.3) is 11.1 Å². The van der Waals surface area contributed by atoms with Gasteiger partial charge in [-0.15, -0.1) is 0 Å². The molecule has 3 aromatic carbocycles. The van der Waals surface area contributed by atoms with Crippen LogP contribution in [0, 0.1) is 0 Å². The summed E-state index contributed by atoms with van der Waals surface area (Å²) in [5, 5.41) is 0.580. The number of halogens is 1. The number of anilines is 1. The Bertz CT molecular complexity index is 1220. The highest BCUT2D eigenvalue weighted by Gasteiger charge is 2.38. The quantitative estimate of drug-likeness (QED) is 0.347. The molecule has 1 aliphatic heterocycles. The number of hydrogen-bond acceptors (Lipinski definition) is 4. The van der Waals surface area contributed by atoms with Crippen LogP contribution >= 0.6 is 23.8 Å². The van der Waals surface area contributed by atoms with Gasteiger partial charge in [-0.3, -0.25) is 14.5 Å². The molecule has 6 heteroatoms. The first kappa shape index (κ1) is 21.9. The molecule has 160 valence electrons. The molecule has 0 unspecified atom stereocenters. The molecule has 0 bridgehead atoms. The lowest BCUT2D eigenvalue weighted by molar-refractivity contribution is -0.140. The number of carbonyl (C=O) groups excluding carboxylic acids is 2. The fourth-order valence-corrected chi connectivity index (χ4v) is 4.32. The van der Waals surface area contributed by atoms with Crippen molar-refractivity contribution in [3.63, 3.8) is 0 Å². The number of rotatable bonds is 6. The maximum atomic E-state index is 13.7. The van der Waals surface area contributed by atoms with Gasteiger partial charge < -0.3 is 4.74 Å². The Morgan fingerprint density at radius 2 is 1.59 bits per heavy atom. The van der Waals surface area contributed by atoms with Crippen LogP contribution in [0.5, 0.6) is 0 Å². The number of nitrogens with zero attached hydrogens (tertiary/aromatic N) is 1. The van der Waals surface area contributed by atoms with E-state index in [0.29, 0.717) is 33.3 Å². The number of hydrogen-bond donors (Lipinski definition) is 0. The number of aryl methyl sites for hydroxylation is 1. The Hall–Kier alpha value is -3.28. The van der Waals surface area contributed by atoms with Gasteiger partial charge in [-0.2, -0.15) is 0 Å². The molecule has 1 aliphatic rings. The summed E-state index contributed by atoms with van der Waals surface area (Å²) in [6.07, 6.45) is 0.717. The van der Waals surface area contributed by atoms with Gasteiger partial charge in [-0.05, 0) is 47.4 Å². The molecule has 1 heterocycles. The van der Waals surface area contributed by atoms with E-state index in [-0.39, 0.29) is 18.3 Å². The number of methoxy groups -OCH3 is 1. The Balaban J connectivity index is 1.86. The van der Waals surface area contributed by atoms with Crippen LogP contribution in [0.1, 0.15) is 23.1 Å². The van der Waals surface area contributed by atoms with Gasteiger partial charge in [0.1, 0.15) is 4.99 Å². The van der Waals surface area contributed by atoms with Crippen molar-refractivity contribution in [1.29, 1.82) is 0 Å². The summed E-state index contributed by atoms with van der Waals surface area (Å²) in [5.41, 5.74) is 4.43. The van der Waals surface area contributed by atoms with Gasteiger partial charge in [-0.1, -0.05) is 78.4 Å². The van der Waals surface area contributed by atoms with Crippen molar-refractivity contribution in [3.8, 4) is 0 Å². The predicted molar refractivity (Wildman–Crippen MR) is 132 cm³/mol. The topological polar surface area (TPSA) is 46.6 Å². The highest BCUT2D eigenvalue weighted by molar-refractivity contribution is 7.82. The number of amides is 1. The molecule has 0 aliphatic carbocycles. The third-order valence-electron chi connectivity index (χ3n) is 5.34. The Labute approximate surface area is 197 Å². The summed E-state index contributed by atoms with van der Waals surface area (Å²) in [4.78, 5) is 27.4. The van der Waals surface area contributed by atoms with E-state index in [1.54, 1.807) is 29.2 Å². The standard InChI is InChI=1S/C26H20ClNO3S/c1-31-22(29)16-11-17-7-5-6-10-21(17)24-23(18-8-3-2-4-9-18)25(30)28(26(24)32)20-14-12-19(27)13-15-20/h2-10,12-15H,11,16H2,1H3. The van der Waals surface area contributed by atoms with Crippen molar-refractivity contribution < 1.29 is 14.3 Å². The average molecular weight is 462 g/mol. The van der Waals surface area contributed by atoms with Crippen molar-refractivity contribution in [2.24, 2.45) is 0 Å². The summed E-state index contributed by atoms with van der Waals surface area (Å²) < 4.78 is 4.80. The second-order valence-corrected chi connectivity index (χ2v) is 8.09. The zero-order valence-corrected chi connectivity index (χ0v) is 19.0. The van der Waals surface area contributed by atoms with Crippen LogP contribution in [-0.4, -0.2) is 24.0 Å². The third kappa shape index (κ3) is 4.22. The molecule has 0 N–H and O–H groups in total. The van der Waals surface area contributed by atoms with E-state index in [1.165, 1.54) is 7.11 Å². The van der Waals surface area contributed by atoms with Crippen molar-refractivity contribution in [2.75, 3.05) is 12.0 Å². The zero-order valence-electron chi connectivity index (χ0n) is 17.4. The number of benzene rings is 3. The zero-order chi connectivity index (χ0) is 22.7. The first-order valence-electron chi connectivity index (χ1n) is 10.1. The molecule has 0 radical (unpaired) electrons. The van der Waals surface area contributed by atoms with Gasteiger partial charge in [0.25, 0.3) is 5.91 Å². The van der Waals surface area contributed by atoms with E-state index in [9.17, 15) is 9.59 Å². The van der Waals surface area contributed by atoms with Crippen LogP contribution in [0.2, 0.25) is 5.02 Å². The molecule has 0 atom stereocenters. The van der Waals surface area contributed by atoms with E-state index in [2.05, 4.69) is 0 Å². The molecule has 3 aromatic rings. The molecular formula is C26H20ClNO3S. The van der Waals surface area contributed by atoms with Crippen LogP contribution in [-0.2, 0) is 20.7 Å². The van der Waals surface area contributed by atoms with Gasteiger partial charge in [0, 0.05) is 17.0 Å². The largest absolute Gasteiger partial charge is 0.469 e. The normalized spacial score (nSPS) is 13.6. The molecular weight excluding hydrogens is 442 g/mol. The second-order valence-electron chi connectivity index (χ2n) is 7.27. The number of thiocarbonyl (C=S) groups is 1. The Morgan fingerprint density at radius 3 is 2.28 bits per heavy atom. The number of carbonyl (C=O) groups is 2. The Morgan fingerprint density at radius 1 is 0.938 bits per heavy atom. The monoisotopic (exact) mass is 461 g/mol. The highest BCUT2D eigenvalue weighted by atomic mass is 35.5. The number of esters is 1. The second kappa shape index (κ2) is 9.47. The van der Waals surface area contributed by atoms with Gasteiger partial charge in [0.15, 0.2) is 0 Å². The molecule has 4 nitrogen and oxygen atoms in total. The van der Waals surface area contributed by atoms with Crippen molar-refractivity contribution in [2.45, 2.75) is 12.8 Å². The van der Waals surface area contributed by atoms with E-state index < -0.39 is 0 Å². The first-order valence-corrected chi connectivity index (χ1v) is 10.9. The van der Waals surface area contributed by atoms with Crippen LogP contribution in [0.15, 0.2) is 78.9 Å². The smallest absolute Gasteiger partial charge is 0.305 e. The minimum Gasteiger partial charge on any atom is -0.469 e. The van der Waals surface area contributed by atoms with E-state index in [0.717, 1.165) is 16.7 Å². The first-order chi connectivity index (χ1) is 15.5. The van der Waals surface area contributed by atoms with Gasteiger partial charge in [0.2, 0.25) is 0 Å². The van der Waals surface area contributed by atoms with Crippen LogP contribution < -0.4 is 4.90 Å². The fraction of sp³-hybridized carbons (Fsp3) is 0.115. The Kier molecular flexibility index (Phi) is 6.49. The molecule has 32 heavy (non-hydrogen) atoms. The molecule has 0 saturated heterocycles. The maximum absolute atomic E-state index is 13.7. The molecule has 0 spiro atoms. The third-order valence-corrected chi connectivity index (χ3v) is 5.98. The highest BCUT2D eigenvalue weighted by Crippen LogP contribution is 2.40. The molecule has 4 rings (SSSR count). The lowest BCUT2D eigenvalue weighted by Gasteiger charge is -2.18. The predicted octanol–water partition coefficient (Wildman–Crippen LogP) is 5.73. The van der Waals surface area contributed by atoms with Crippen LogP contribution in [0.3, 0.4) is 0 Å². The minimum atomic E-state index is -0.287. The van der Waals surface area contributed by atoms with Crippen LogP contribution in [0.4, 0.5) is 5.69 Å². The van der Waals surface area contributed by atoms with Crippen molar-refractivity contribution in [1.82, 2.24) is 0 Å². The van der Waals surface area contributed by atoms with E-state index >= 15 is 0 Å².